The number of rotatable bonds is 5. The lowest BCUT2D eigenvalue weighted by Gasteiger charge is -2.39. The van der Waals surface area contributed by atoms with E-state index in [-0.39, 0.29) is 12.5 Å². The third-order valence-corrected chi connectivity index (χ3v) is 4.15. The molecule has 0 aromatic rings. The van der Waals surface area contributed by atoms with Gasteiger partial charge >= 0.3 is 5.97 Å². The molecule has 1 fully saturated rings. The molecule has 0 aromatic carbocycles. The second-order valence-electron chi connectivity index (χ2n) is 5.04. The normalized spacial score (nSPS) is 24.6. The van der Waals surface area contributed by atoms with E-state index in [4.69, 9.17) is 5.11 Å². The summed E-state index contributed by atoms with van der Waals surface area (Å²) in [6, 6.07) is 0.732. The van der Waals surface area contributed by atoms with Gasteiger partial charge in [-0.3, -0.25) is 9.69 Å². The summed E-state index contributed by atoms with van der Waals surface area (Å²) < 4.78 is 0. The molecule has 1 rings (SSSR count). The van der Waals surface area contributed by atoms with E-state index >= 15 is 0 Å². The van der Waals surface area contributed by atoms with Gasteiger partial charge in [0.1, 0.15) is 0 Å². The van der Waals surface area contributed by atoms with Crippen molar-refractivity contribution in [3.8, 4) is 0 Å². The van der Waals surface area contributed by atoms with Crippen molar-refractivity contribution in [3.63, 3.8) is 0 Å². The van der Waals surface area contributed by atoms with Crippen molar-refractivity contribution in [2.24, 2.45) is 5.92 Å². The quantitative estimate of drug-likeness (QED) is 0.807. The zero-order chi connectivity index (χ0) is 12.1. The molecule has 2 atom stereocenters. The molecule has 1 aliphatic rings. The Kier molecular flexibility index (Phi) is 5.62. The van der Waals surface area contributed by atoms with Crippen LogP contribution in [0.4, 0.5) is 0 Å². The molecule has 2 unspecified atom stereocenters. The summed E-state index contributed by atoms with van der Waals surface area (Å²) in [4.78, 5) is 13.2. The zero-order valence-electron chi connectivity index (χ0n) is 10.5. The average Bonchev–Trinajstić information content (AvgIpc) is 2.16. The van der Waals surface area contributed by atoms with E-state index in [0.717, 1.165) is 24.5 Å². The smallest absolute Gasteiger partial charge is 0.304 e. The predicted molar refractivity (Wildman–Crippen MR) is 69.0 cm³/mol. The monoisotopic (exact) mass is 245 g/mol. The van der Waals surface area contributed by atoms with E-state index in [1.54, 1.807) is 0 Å². The van der Waals surface area contributed by atoms with Gasteiger partial charge < -0.3 is 5.11 Å². The maximum absolute atomic E-state index is 10.8. The topological polar surface area (TPSA) is 40.5 Å². The van der Waals surface area contributed by atoms with Crippen LogP contribution in [0.15, 0.2) is 0 Å². The van der Waals surface area contributed by atoms with E-state index in [0.29, 0.717) is 12.0 Å². The van der Waals surface area contributed by atoms with Gasteiger partial charge in [0, 0.05) is 30.1 Å². The highest BCUT2D eigenvalue weighted by Crippen LogP contribution is 2.23. The summed E-state index contributed by atoms with van der Waals surface area (Å²) in [6.45, 7) is 7.71. The van der Waals surface area contributed by atoms with Crippen LogP contribution >= 0.6 is 11.8 Å². The number of carboxylic acid groups (broad SMARTS) is 1. The van der Waals surface area contributed by atoms with Gasteiger partial charge in [-0.05, 0) is 19.3 Å². The van der Waals surface area contributed by atoms with Crippen LogP contribution in [-0.4, -0.2) is 46.1 Å². The second-order valence-corrected chi connectivity index (χ2v) is 6.19. The Bertz CT molecular complexity index is 233. The van der Waals surface area contributed by atoms with E-state index < -0.39 is 5.97 Å². The lowest BCUT2D eigenvalue weighted by Crippen LogP contribution is -2.48. The molecular weight excluding hydrogens is 222 g/mol. The molecule has 1 N–H and O–H groups in total. The number of thioether (sulfide) groups is 1. The van der Waals surface area contributed by atoms with Crippen LogP contribution < -0.4 is 0 Å². The highest BCUT2D eigenvalue weighted by molar-refractivity contribution is 7.99. The summed E-state index contributed by atoms with van der Waals surface area (Å²) in [5.41, 5.74) is 0. The van der Waals surface area contributed by atoms with Crippen molar-refractivity contribution in [1.29, 1.82) is 0 Å². The Morgan fingerprint density at radius 1 is 1.50 bits per heavy atom. The third kappa shape index (κ3) is 4.34. The summed E-state index contributed by atoms with van der Waals surface area (Å²) in [7, 11) is 0. The van der Waals surface area contributed by atoms with Crippen LogP contribution in [0.25, 0.3) is 0 Å². The third-order valence-electron chi connectivity index (χ3n) is 3.06. The minimum atomic E-state index is -0.672. The van der Waals surface area contributed by atoms with Gasteiger partial charge in [0.25, 0.3) is 0 Å². The summed E-state index contributed by atoms with van der Waals surface area (Å²) >= 11 is 1.88. The molecule has 3 nitrogen and oxygen atoms in total. The Labute approximate surface area is 103 Å². The Hall–Kier alpha value is -0.220. The molecule has 94 valence electrons. The molecule has 0 saturated carbocycles. The summed E-state index contributed by atoms with van der Waals surface area (Å²) in [5, 5.41) is 8.91. The van der Waals surface area contributed by atoms with Crippen molar-refractivity contribution in [3.05, 3.63) is 0 Å². The Morgan fingerprint density at radius 3 is 2.75 bits per heavy atom. The Morgan fingerprint density at radius 2 is 2.19 bits per heavy atom. The highest BCUT2D eigenvalue weighted by Gasteiger charge is 2.28. The van der Waals surface area contributed by atoms with Gasteiger partial charge in [-0.2, -0.15) is 11.8 Å². The zero-order valence-corrected chi connectivity index (χ0v) is 11.3. The largest absolute Gasteiger partial charge is 0.481 e. The minimum Gasteiger partial charge on any atom is -0.481 e. The van der Waals surface area contributed by atoms with Crippen LogP contribution in [0.5, 0.6) is 0 Å². The molecule has 1 heterocycles. The molecule has 4 heteroatoms. The molecule has 16 heavy (non-hydrogen) atoms. The fourth-order valence-electron chi connectivity index (χ4n) is 2.44. The fourth-order valence-corrected chi connectivity index (χ4v) is 3.53. The van der Waals surface area contributed by atoms with Crippen molar-refractivity contribution >= 4 is 17.7 Å². The maximum Gasteiger partial charge on any atom is 0.304 e. The van der Waals surface area contributed by atoms with Gasteiger partial charge in [0.05, 0.1) is 6.42 Å². The molecular formula is C12H23NO2S. The number of aliphatic carboxylic acids is 1. The van der Waals surface area contributed by atoms with Gasteiger partial charge in [-0.1, -0.05) is 13.8 Å². The number of hydrogen-bond donors (Lipinski definition) is 1. The van der Waals surface area contributed by atoms with Gasteiger partial charge in [0.2, 0.25) is 0 Å². The molecule has 0 bridgehead atoms. The van der Waals surface area contributed by atoms with Crippen molar-refractivity contribution < 1.29 is 9.90 Å². The van der Waals surface area contributed by atoms with E-state index in [1.807, 2.05) is 11.8 Å². The lowest BCUT2D eigenvalue weighted by atomic mass is 10.0. The number of carbonyl (C=O) groups is 1. The van der Waals surface area contributed by atoms with E-state index in [2.05, 4.69) is 25.7 Å². The standard InChI is InChI=1S/C12H23NO2S/c1-9(2)6-10(3)13-4-5-16-8-11(13)7-12(14)15/h9-11H,4-8H2,1-3H3,(H,14,15). The van der Waals surface area contributed by atoms with Crippen LogP contribution in [0.2, 0.25) is 0 Å². The van der Waals surface area contributed by atoms with E-state index in [9.17, 15) is 4.79 Å². The molecule has 1 saturated heterocycles. The predicted octanol–water partition coefficient (Wildman–Crippen LogP) is 2.31. The minimum absolute atomic E-state index is 0.227. The van der Waals surface area contributed by atoms with Crippen LogP contribution in [0.3, 0.4) is 0 Å². The SMILES string of the molecule is CC(C)CC(C)N1CCSCC1CC(=O)O. The van der Waals surface area contributed by atoms with Crippen LogP contribution in [0.1, 0.15) is 33.6 Å². The number of nitrogens with zero attached hydrogens (tertiary/aromatic N) is 1. The summed E-state index contributed by atoms with van der Waals surface area (Å²) in [6.07, 6.45) is 1.44. The first-order valence-corrected chi connectivity index (χ1v) is 7.21. The van der Waals surface area contributed by atoms with Crippen LogP contribution in [0, 0.1) is 5.92 Å². The first-order valence-electron chi connectivity index (χ1n) is 6.06. The Balaban J connectivity index is 2.54. The molecule has 0 radical (unpaired) electrons. The second kappa shape index (κ2) is 6.50. The van der Waals surface area contributed by atoms with Crippen molar-refractivity contribution in [2.75, 3.05) is 18.1 Å². The maximum atomic E-state index is 10.8. The molecule has 0 aromatic heterocycles. The van der Waals surface area contributed by atoms with Gasteiger partial charge in [-0.15, -0.1) is 0 Å². The average molecular weight is 245 g/mol. The lowest BCUT2D eigenvalue weighted by molar-refractivity contribution is -0.138. The number of carboxylic acids is 1. The summed E-state index contributed by atoms with van der Waals surface area (Å²) in [5.74, 6) is 2.11. The van der Waals surface area contributed by atoms with Gasteiger partial charge in [0.15, 0.2) is 0 Å². The molecule has 1 aliphatic heterocycles. The molecule has 0 spiro atoms. The van der Waals surface area contributed by atoms with E-state index in [1.165, 1.54) is 0 Å². The first kappa shape index (κ1) is 13.8. The van der Waals surface area contributed by atoms with Crippen molar-refractivity contribution in [1.82, 2.24) is 4.90 Å². The van der Waals surface area contributed by atoms with Crippen LogP contribution in [-0.2, 0) is 4.79 Å². The fraction of sp³-hybridized carbons (Fsp3) is 0.917. The van der Waals surface area contributed by atoms with Gasteiger partial charge in [-0.25, -0.2) is 0 Å². The number of hydrogen-bond acceptors (Lipinski definition) is 3. The van der Waals surface area contributed by atoms with Crippen molar-refractivity contribution in [2.45, 2.75) is 45.7 Å². The highest BCUT2D eigenvalue weighted by atomic mass is 32.2. The molecule has 0 amide bonds. The first-order chi connectivity index (χ1) is 7.50. The molecule has 0 aliphatic carbocycles.